The maximum absolute atomic E-state index is 13.8. The molecule has 0 fully saturated rings. The molecule has 1 aliphatic rings. The van der Waals surface area contributed by atoms with Gasteiger partial charge in [0.2, 0.25) is 0 Å². The molecule has 0 atom stereocenters. The van der Waals surface area contributed by atoms with Gasteiger partial charge in [0.1, 0.15) is 15.0 Å². The first-order chi connectivity index (χ1) is 19.2. The molecule has 0 unspecified atom stereocenters. The molecule has 43 heavy (non-hydrogen) atoms. The van der Waals surface area contributed by atoms with E-state index in [1.54, 1.807) is 26.0 Å². The average molecular weight is 639 g/mol. The fraction of sp³-hybridized carbons (Fsp3) is 0.0714. The molecule has 0 radical (unpaired) electrons. The van der Waals surface area contributed by atoms with Crippen LogP contribution in [0, 0.1) is 13.8 Å². The second kappa shape index (κ2) is 12.8. The number of aryl methyl sites for hydroxylation is 2. The van der Waals surface area contributed by atoms with Gasteiger partial charge in [-0.2, -0.15) is 8.42 Å². The minimum Gasteiger partial charge on any atom is -0.872 e. The summed E-state index contributed by atoms with van der Waals surface area (Å²) < 4.78 is 69.8. The minimum atomic E-state index is -4.95. The van der Waals surface area contributed by atoms with Crippen LogP contribution < -0.4 is 74.9 Å². The van der Waals surface area contributed by atoms with Gasteiger partial charge in [-0.15, -0.1) is 0 Å². The van der Waals surface area contributed by atoms with Crippen molar-refractivity contribution < 1.29 is 99.8 Å². The Balaban J connectivity index is 0.00000253. The summed E-state index contributed by atoms with van der Waals surface area (Å²) in [5.74, 6) is -2.29. The number of nitrogens with one attached hydrogen (secondary N) is 2. The Morgan fingerprint density at radius 2 is 1.12 bits per heavy atom. The second-order valence-electron chi connectivity index (χ2n) is 9.43. The molecule has 3 N–H and O–H groups in total. The van der Waals surface area contributed by atoms with Crippen LogP contribution in [0.2, 0.25) is 0 Å². The summed E-state index contributed by atoms with van der Waals surface area (Å²) in [4.78, 5) is 26.4. The van der Waals surface area contributed by atoms with Gasteiger partial charge in [-0.3, -0.25) is 14.1 Å². The maximum Gasteiger partial charge on any atom is 1.00 e. The second-order valence-corrected chi connectivity index (χ2v) is 12.2. The van der Waals surface area contributed by atoms with Crippen molar-refractivity contribution in [2.24, 2.45) is 0 Å². The molecular weight excluding hydrogens is 618 g/mol. The number of ketones is 2. The first kappa shape index (κ1) is 34.9. The predicted octanol–water partition coefficient (Wildman–Crippen LogP) is -2.20. The van der Waals surface area contributed by atoms with Crippen molar-refractivity contribution >= 4 is 54.6 Å². The summed E-state index contributed by atoms with van der Waals surface area (Å²) >= 11 is 0. The van der Waals surface area contributed by atoms with Crippen LogP contribution in [0.15, 0.2) is 76.5 Å². The summed E-state index contributed by atoms with van der Waals surface area (Å²) in [7, 11) is -9.66. The number of anilines is 4. The number of fused-ring (bicyclic) bond motifs is 2. The first-order valence-electron chi connectivity index (χ1n) is 11.9. The van der Waals surface area contributed by atoms with Gasteiger partial charge >= 0.3 is 59.1 Å². The molecule has 210 valence electrons. The number of carbonyl (C=O) groups excluding carboxylic acids is 2. The quantitative estimate of drug-likeness (QED) is 0.135. The van der Waals surface area contributed by atoms with Gasteiger partial charge in [0, 0.05) is 11.1 Å². The largest absolute Gasteiger partial charge is 1.00 e. The topological polar surface area (TPSA) is 193 Å². The average Bonchev–Trinajstić information content (AvgIpc) is 2.88. The van der Waals surface area contributed by atoms with Crippen LogP contribution in [0.4, 0.5) is 22.7 Å². The van der Waals surface area contributed by atoms with E-state index in [0.717, 1.165) is 12.1 Å². The molecule has 11 nitrogen and oxygen atoms in total. The number of hydrogen-bond donors (Lipinski definition) is 3. The van der Waals surface area contributed by atoms with Crippen molar-refractivity contribution in [3.8, 4) is 5.75 Å². The molecule has 0 aromatic heterocycles. The van der Waals surface area contributed by atoms with Crippen LogP contribution in [-0.4, -0.2) is 37.5 Å². The van der Waals surface area contributed by atoms with Crippen molar-refractivity contribution in [3.05, 3.63) is 100 Å². The van der Waals surface area contributed by atoms with Crippen molar-refractivity contribution in [1.82, 2.24) is 0 Å². The summed E-state index contributed by atoms with van der Waals surface area (Å²) in [6, 6.07) is 14.6. The molecule has 0 aliphatic heterocycles. The molecule has 1 aliphatic carbocycles. The third-order valence-corrected chi connectivity index (χ3v) is 8.29. The number of benzene rings is 4. The minimum absolute atomic E-state index is 0. The molecule has 4 aromatic rings. The summed E-state index contributed by atoms with van der Waals surface area (Å²) in [6.45, 7) is 3.20. The van der Waals surface area contributed by atoms with E-state index in [1.807, 2.05) is 0 Å². The number of rotatable bonds is 6. The molecule has 4 aromatic carbocycles. The van der Waals surface area contributed by atoms with Gasteiger partial charge in [-0.05, 0) is 61.4 Å². The van der Waals surface area contributed by atoms with E-state index in [1.165, 1.54) is 42.5 Å². The van der Waals surface area contributed by atoms with Crippen LogP contribution in [0.3, 0.4) is 0 Å². The van der Waals surface area contributed by atoms with Crippen LogP contribution >= 0.6 is 0 Å². The molecule has 0 bridgehead atoms. The van der Waals surface area contributed by atoms with Gasteiger partial charge in [0.05, 0.1) is 38.8 Å². The normalized spacial score (nSPS) is 12.4. The fourth-order valence-electron chi connectivity index (χ4n) is 4.67. The van der Waals surface area contributed by atoms with E-state index >= 15 is 0 Å². The summed E-state index contributed by atoms with van der Waals surface area (Å²) in [5, 5.41) is 18.2. The van der Waals surface area contributed by atoms with Gasteiger partial charge < -0.3 is 20.3 Å². The molecule has 15 heteroatoms. The van der Waals surface area contributed by atoms with Crippen molar-refractivity contribution in [3.63, 3.8) is 0 Å². The fourth-order valence-corrected chi connectivity index (χ4v) is 6.12. The third-order valence-electron chi connectivity index (χ3n) is 6.52. The zero-order valence-electron chi connectivity index (χ0n) is 23.4. The van der Waals surface area contributed by atoms with E-state index < -0.39 is 47.3 Å². The maximum atomic E-state index is 13.8. The van der Waals surface area contributed by atoms with Crippen LogP contribution in [0.5, 0.6) is 5.75 Å². The number of hydrogen-bond acceptors (Lipinski definition) is 10. The first-order valence-corrected chi connectivity index (χ1v) is 14.8. The van der Waals surface area contributed by atoms with Gasteiger partial charge in [-0.1, -0.05) is 36.1 Å². The molecular formula is C28H20N2Na2O9S2. The van der Waals surface area contributed by atoms with E-state index in [-0.39, 0.29) is 104 Å². The van der Waals surface area contributed by atoms with Crippen molar-refractivity contribution in [2.45, 2.75) is 23.6 Å². The Hall–Kier alpha value is -2.56. The smallest absolute Gasteiger partial charge is 0.872 e. The molecule has 0 spiro atoms. The summed E-state index contributed by atoms with van der Waals surface area (Å²) in [6.07, 6.45) is 0. The Kier molecular flexibility index (Phi) is 10.4. The Morgan fingerprint density at radius 3 is 1.63 bits per heavy atom. The Labute approximate surface area is 291 Å². The predicted molar refractivity (Wildman–Crippen MR) is 146 cm³/mol. The van der Waals surface area contributed by atoms with Gasteiger partial charge in [0.25, 0.3) is 10.1 Å². The number of carbonyl (C=O) groups is 2. The molecule has 0 heterocycles. The van der Waals surface area contributed by atoms with E-state index in [2.05, 4.69) is 10.6 Å². The van der Waals surface area contributed by atoms with Crippen molar-refractivity contribution in [2.75, 3.05) is 10.6 Å². The van der Waals surface area contributed by atoms with Gasteiger partial charge in [-0.25, -0.2) is 8.42 Å². The molecule has 0 saturated carbocycles. The van der Waals surface area contributed by atoms with E-state index in [0.29, 0.717) is 11.1 Å². The third kappa shape index (κ3) is 6.76. The van der Waals surface area contributed by atoms with Gasteiger partial charge in [0.15, 0.2) is 11.6 Å². The van der Waals surface area contributed by atoms with Crippen LogP contribution in [0.25, 0.3) is 0 Å². The Morgan fingerprint density at radius 1 is 0.651 bits per heavy atom. The SMILES string of the molecule is Cc1ccc(Nc2ccc(Nc3ccc(C)cc3S(=O)(=O)O)c3c2C(=O)c2cccc([O-])c2C3=O)c(S(=O)(=O)[O-])c1.[Na+].[Na+]. The van der Waals surface area contributed by atoms with E-state index in [4.69, 9.17) is 0 Å². The standard InChI is InChI=1S/C28H22N2O9S2.2Na/c1-14-6-8-17(22(12-14)40(34,35)36)29-19-10-11-20(30-18-9-7-15(2)13-23(18)41(37,38)39)26-25(19)27(32)16-4-3-5-21(31)24(16)28(26)33;;/h3-13,29-31H,1-2H3,(H,34,35,36)(H,37,38,39);;/q;2*+1/p-2. The summed E-state index contributed by atoms with van der Waals surface area (Å²) in [5.41, 5.74) is -0.460. The van der Waals surface area contributed by atoms with E-state index in [9.17, 15) is 40.6 Å². The zero-order chi connectivity index (χ0) is 29.9. The van der Waals surface area contributed by atoms with Crippen LogP contribution in [-0.2, 0) is 20.2 Å². The van der Waals surface area contributed by atoms with Crippen LogP contribution in [0.1, 0.15) is 43.0 Å². The Bertz CT molecular complexity index is 2030. The monoisotopic (exact) mass is 638 g/mol. The zero-order valence-corrected chi connectivity index (χ0v) is 29.0. The molecule has 0 amide bonds. The molecule has 0 saturated heterocycles. The van der Waals surface area contributed by atoms with Crippen molar-refractivity contribution in [1.29, 1.82) is 0 Å². The molecule has 5 rings (SSSR count).